The third kappa shape index (κ3) is 2.67. The standard InChI is InChI=1S/C12H19BrN2O/c1-9-4-6-15(7-5-9)10(8-14)11-2-3-12(13)16-11/h2-3,9-10H,4-8,14H2,1H3. The monoisotopic (exact) mass is 286 g/mol. The first-order chi connectivity index (χ1) is 7.70. The molecule has 1 atom stereocenters. The fraction of sp³-hybridized carbons (Fsp3) is 0.667. The molecule has 4 heteroatoms. The second-order valence-electron chi connectivity index (χ2n) is 4.61. The van der Waals surface area contributed by atoms with Crippen LogP contribution < -0.4 is 5.73 Å². The summed E-state index contributed by atoms with van der Waals surface area (Å²) >= 11 is 3.34. The van der Waals surface area contributed by atoms with E-state index in [2.05, 4.69) is 27.8 Å². The molecule has 16 heavy (non-hydrogen) atoms. The van der Waals surface area contributed by atoms with Crippen LogP contribution in [0.2, 0.25) is 0 Å². The van der Waals surface area contributed by atoms with E-state index >= 15 is 0 Å². The van der Waals surface area contributed by atoms with E-state index in [1.54, 1.807) is 0 Å². The van der Waals surface area contributed by atoms with E-state index in [4.69, 9.17) is 10.2 Å². The lowest BCUT2D eigenvalue weighted by Crippen LogP contribution is -2.39. The highest BCUT2D eigenvalue weighted by Crippen LogP contribution is 2.28. The number of halogens is 1. The van der Waals surface area contributed by atoms with Crippen molar-refractivity contribution in [3.63, 3.8) is 0 Å². The minimum atomic E-state index is 0.235. The summed E-state index contributed by atoms with van der Waals surface area (Å²) in [6.45, 7) is 5.19. The first kappa shape index (κ1) is 12.1. The van der Waals surface area contributed by atoms with Gasteiger partial charge in [-0.05, 0) is 59.9 Å². The molecule has 0 amide bonds. The molecule has 0 aromatic carbocycles. The summed E-state index contributed by atoms with van der Waals surface area (Å²) in [7, 11) is 0. The van der Waals surface area contributed by atoms with E-state index in [1.807, 2.05) is 12.1 Å². The van der Waals surface area contributed by atoms with Gasteiger partial charge >= 0.3 is 0 Å². The number of nitrogens with zero attached hydrogens (tertiary/aromatic N) is 1. The number of likely N-dealkylation sites (tertiary alicyclic amines) is 1. The molecule has 1 saturated heterocycles. The maximum Gasteiger partial charge on any atom is 0.169 e. The lowest BCUT2D eigenvalue weighted by molar-refractivity contribution is 0.126. The van der Waals surface area contributed by atoms with Crippen LogP contribution in [0, 0.1) is 5.92 Å². The third-order valence-electron chi connectivity index (χ3n) is 3.40. The van der Waals surface area contributed by atoms with Gasteiger partial charge in [0.05, 0.1) is 6.04 Å². The van der Waals surface area contributed by atoms with Crippen LogP contribution in [0.15, 0.2) is 21.2 Å². The van der Waals surface area contributed by atoms with Crippen molar-refractivity contribution in [2.45, 2.75) is 25.8 Å². The van der Waals surface area contributed by atoms with Gasteiger partial charge in [0, 0.05) is 6.54 Å². The van der Waals surface area contributed by atoms with Crippen LogP contribution in [0.3, 0.4) is 0 Å². The molecule has 1 fully saturated rings. The highest BCUT2D eigenvalue weighted by atomic mass is 79.9. The molecular formula is C12H19BrN2O. The summed E-state index contributed by atoms with van der Waals surface area (Å²) < 4.78 is 6.40. The van der Waals surface area contributed by atoms with E-state index in [0.717, 1.165) is 29.4 Å². The van der Waals surface area contributed by atoms with Crippen molar-refractivity contribution >= 4 is 15.9 Å². The Hall–Kier alpha value is -0.320. The summed E-state index contributed by atoms with van der Waals surface area (Å²) in [6.07, 6.45) is 2.52. The zero-order chi connectivity index (χ0) is 11.5. The summed E-state index contributed by atoms with van der Waals surface area (Å²) in [4.78, 5) is 2.44. The first-order valence-corrected chi connectivity index (χ1v) is 6.69. The van der Waals surface area contributed by atoms with Crippen LogP contribution in [0.25, 0.3) is 0 Å². The molecule has 1 aliphatic heterocycles. The highest BCUT2D eigenvalue weighted by molar-refractivity contribution is 9.10. The number of rotatable bonds is 3. The Bertz CT molecular complexity index is 332. The Kier molecular flexibility index (Phi) is 4.05. The van der Waals surface area contributed by atoms with Crippen LogP contribution in [0.4, 0.5) is 0 Å². The molecule has 2 rings (SSSR count). The van der Waals surface area contributed by atoms with Crippen LogP contribution in [0.1, 0.15) is 31.6 Å². The molecule has 0 saturated carbocycles. The highest BCUT2D eigenvalue weighted by Gasteiger charge is 2.25. The van der Waals surface area contributed by atoms with Crippen molar-refractivity contribution in [2.75, 3.05) is 19.6 Å². The maximum absolute atomic E-state index is 5.86. The average Bonchev–Trinajstić information content (AvgIpc) is 2.69. The zero-order valence-corrected chi connectivity index (χ0v) is 11.2. The fourth-order valence-corrected chi connectivity index (χ4v) is 2.61. The predicted molar refractivity (Wildman–Crippen MR) is 68.2 cm³/mol. The molecule has 0 spiro atoms. The number of nitrogens with two attached hydrogens (primary N) is 1. The van der Waals surface area contributed by atoms with Crippen LogP contribution in [0.5, 0.6) is 0 Å². The number of hydrogen-bond donors (Lipinski definition) is 1. The van der Waals surface area contributed by atoms with Gasteiger partial charge in [-0.25, -0.2) is 0 Å². The SMILES string of the molecule is CC1CCN(C(CN)c2ccc(Br)o2)CC1. The molecule has 2 N–H and O–H groups in total. The minimum Gasteiger partial charge on any atom is -0.453 e. The van der Waals surface area contributed by atoms with Gasteiger partial charge in [-0.15, -0.1) is 0 Å². The van der Waals surface area contributed by atoms with Crippen molar-refractivity contribution in [1.82, 2.24) is 4.90 Å². The summed E-state index contributed by atoms with van der Waals surface area (Å²) in [6, 6.07) is 4.18. The molecule has 2 heterocycles. The van der Waals surface area contributed by atoms with Crippen molar-refractivity contribution < 1.29 is 4.42 Å². The van der Waals surface area contributed by atoms with Gasteiger partial charge in [0.25, 0.3) is 0 Å². The maximum atomic E-state index is 5.86. The van der Waals surface area contributed by atoms with Crippen LogP contribution >= 0.6 is 15.9 Å². The van der Waals surface area contributed by atoms with Gasteiger partial charge in [-0.3, -0.25) is 4.90 Å². The van der Waals surface area contributed by atoms with E-state index in [0.29, 0.717) is 6.54 Å². The van der Waals surface area contributed by atoms with Gasteiger partial charge < -0.3 is 10.2 Å². The van der Waals surface area contributed by atoms with Crippen LogP contribution in [-0.4, -0.2) is 24.5 Å². The van der Waals surface area contributed by atoms with Gasteiger partial charge in [-0.2, -0.15) is 0 Å². The average molecular weight is 287 g/mol. The van der Waals surface area contributed by atoms with Gasteiger partial charge in [-0.1, -0.05) is 6.92 Å². The first-order valence-electron chi connectivity index (χ1n) is 5.90. The van der Waals surface area contributed by atoms with E-state index in [9.17, 15) is 0 Å². The normalized spacial score (nSPS) is 21.2. The molecule has 90 valence electrons. The Morgan fingerprint density at radius 3 is 2.69 bits per heavy atom. The molecular weight excluding hydrogens is 268 g/mol. The molecule has 0 bridgehead atoms. The predicted octanol–water partition coefficient (Wildman–Crippen LogP) is 2.77. The van der Waals surface area contributed by atoms with Gasteiger partial charge in [0.2, 0.25) is 0 Å². The van der Waals surface area contributed by atoms with Gasteiger partial charge in [0.15, 0.2) is 4.67 Å². The summed E-state index contributed by atoms with van der Waals surface area (Å²) in [5.41, 5.74) is 5.86. The molecule has 3 nitrogen and oxygen atoms in total. The van der Waals surface area contributed by atoms with Crippen molar-refractivity contribution in [2.24, 2.45) is 11.7 Å². The Morgan fingerprint density at radius 1 is 1.50 bits per heavy atom. The Morgan fingerprint density at radius 2 is 2.19 bits per heavy atom. The summed E-state index contributed by atoms with van der Waals surface area (Å²) in [5, 5.41) is 0. The van der Waals surface area contributed by atoms with Crippen molar-refractivity contribution in [3.05, 3.63) is 22.6 Å². The van der Waals surface area contributed by atoms with Crippen molar-refractivity contribution in [1.29, 1.82) is 0 Å². The summed E-state index contributed by atoms with van der Waals surface area (Å²) in [5.74, 6) is 1.82. The van der Waals surface area contributed by atoms with Crippen molar-refractivity contribution in [3.8, 4) is 0 Å². The molecule has 0 aliphatic carbocycles. The molecule has 0 radical (unpaired) electrons. The quantitative estimate of drug-likeness (QED) is 0.929. The smallest absolute Gasteiger partial charge is 0.169 e. The van der Waals surface area contributed by atoms with Gasteiger partial charge in [0.1, 0.15) is 5.76 Å². The molecule has 1 aromatic rings. The second-order valence-corrected chi connectivity index (χ2v) is 5.39. The number of piperidine rings is 1. The minimum absolute atomic E-state index is 0.235. The number of hydrogen-bond acceptors (Lipinski definition) is 3. The van der Waals surface area contributed by atoms with E-state index in [-0.39, 0.29) is 6.04 Å². The lowest BCUT2D eigenvalue weighted by atomic mass is 9.97. The zero-order valence-electron chi connectivity index (χ0n) is 9.66. The Balaban J connectivity index is 2.05. The lowest BCUT2D eigenvalue weighted by Gasteiger charge is -2.35. The Labute approximate surface area is 105 Å². The molecule has 1 aliphatic rings. The second kappa shape index (κ2) is 5.34. The van der Waals surface area contributed by atoms with E-state index < -0.39 is 0 Å². The third-order valence-corrected chi connectivity index (χ3v) is 3.83. The number of furan rings is 1. The fourth-order valence-electron chi connectivity index (χ4n) is 2.29. The molecule has 1 aromatic heterocycles. The topological polar surface area (TPSA) is 42.4 Å². The largest absolute Gasteiger partial charge is 0.453 e. The molecule has 1 unspecified atom stereocenters. The van der Waals surface area contributed by atoms with E-state index in [1.165, 1.54) is 12.8 Å². The van der Waals surface area contributed by atoms with Crippen LogP contribution in [-0.2, 0) is 0 Å².